The molecule has 3 rings (SSSR count). The first-order valence-electron chi connectivity index (χ1n) is 5.80. The van der Waals surface area contributed by atoms with Crippen molar-refractivity contribution in [3.05, 3.63) is 59.7 Å². The molecule has 0 atom stereocenters. The topological polar surface area (TPSA) is 13.1 Å². The van der Waals surface area contributed by atoms with Gasteiger partial charge in [-0.15, -0.1) is 0 Å². The van der Waals surface area contributed by atoms with Gasteiger partial charge in [0.15, 0.2) is 0 Å². The van der Waals surface area contributed by atoms with Crippen molar-refractivity contribution in [1.82, 2.24) is 0 Å². The van der Waals surface area contributed by atoms with Gasteiger partial charge in [0.2, 0.25) is 0 Å². The molecule has 0 unspecified atom stereocenters. The van der Waals surface area contributed by atoms with E-state index in [1.54, 1.807) is 0 Å². The van der Waals surface area contributed by atoms with Crippen LogP contribution in [0.1, 0.15) is 11.1 Å². The number of rotatable bonds is 1. The smallest absolute Gasteiger partial charge is 0.135 e. The molecule has 1 aromatic heterocycles. The van der Waals surface area contributed by atoms with Gasteiger partial charge < -0.3 is 4.42 Å². The summed E-state index contributed by atoms with van der Waals surface area (Å²) in [6, 6.07) is 16.6. The fraction of sp³-hybridized carbons (Fsp3) is 0.125. The average Bonchev–Trinajstić information content (AvgIpc) is 2.72. The number of hydrogen-bond acceptors (Lipinski definition) is 1. The summed E-state index contributed by atoms with van der Waals surface area (Å²) in [4.78, 5) is 0. The molecule has 0 radical (unpaired) electrons. The van der Waals surface area contributed by atoms with Gasteiger partial charge in [0.25, 0.3) is 0 Å². The summed E-state index contributed by atoms with van der Waals surface area (Å²) in [6.45, 7) is 4.23. The summed E-state index contributed by atoms with van der Waals surface area (Å²) in [7, 11) is 0. The number of para-hydroxylation sites is 1. The van der Waals surface area contributed by atoms with Crippen LogP contribution in [0, 0.1) is 13.8 Å². The molecule has 1 heteroatoms. The molecule has 0 amide bonds. The van der Waals surface area contributed by atoms with Gasteiger partial charge in [0, 0.05) is 10.9 Å². The highest BCUT2D eigenvalue weighted by Gasteiger charge is 2.07. The third-order valence-corrected chi connectivity index (χ3v) is 3.07. The van der Waals surface area contributed by atoms with Crippen LogP contribution in [-0.2, 0) is 0 Å². The Labute approximate surface area is 101 Å². The molecule has 84 valence electrons. The molecule has 0 aliphatic heterocycles. The molecule has 0 aliphatic rings. The van der Waals surface area contributed by atoms with Crippen LogP contribution in [0.2, 0.25) is 0 Å². The molecule has 0 saturated heterocycles. The predicted molar refractivity (Wildman–Crippen MR) is 71.1 cm³/mol. The van der Waals surface area contributed by atoms with Gasteiger partial charge in [0.1, 0.15) is 11.3 Å². The lowest BCUT2D eigenvalue weighted by molar-refractivity contribution is 0.631. The van der Waals surface area contributed by atoms with Gasteiger partial charge >= 0.3 is 0 Å². The Morgan fingerprint density at radius 2 is 1.71 bits per heavy atom. The molecule has 17 heavy (non-hydrogen) atoms. The van der Waals surface area contributed by atoms with Gasteiger partial charge in [-0.2, -0.15) is 0 Å². The van der Waals surface area contributed by atoms with Crippen molar-refractivity contribution in [3.63, 3.8) is 0 Å². The van der Waals surface area contributed by atoms with Crippen LogP contribution in [0.3, 0.4) is 0 Å². The van der Waals surface area contributed by atoms with Crippen LogP contribution in [0.15, 0.2) is 52.9 Å². The van der Waals surface area contributed by atoms with E-state index in [-0.39, 0.29) is 0 Å². The fourth-order valence-electron chi connectivity index (χ4n) is 2.20. The second kappa shape index (κ2) is 3.77. The molecule has 0 aliphatic carbocycles. The summed E-state index contributed by atoms with van der Waals surface area (Å²) >= 11 is 0. The maximum absolute atomic E-state index is 5.87. The molecule has 0 N–H and O–H groups in total. The number of hydrogen-bond donors (Lipinski definition) is 0. The Morgan fingerprint density at radius 3 is 2.47 bits per heavy atom. The molecule has 0 spiro atoms. The molecule has 0 bridgehead atoms. The average molecular weight is 222 g/mol. The zero-order valence-electron chi connectivity index (χ0n) is 10.0. The van der Waals surface area contributed by atoms with Gasteiger partial charge in [-0.3, -0.25) is 0 Å². The normalized spacial score (nSPS) is 10.9. The number of benzene rings is 2. The van der Waals surface area contributed by atoms with E-state index < -0.39 is 0 Å². The van der Waals surface area contributed by atoms with E-state index in [0.717, 1.165) is 16.7 Å². The second-order valence-corrected chi connectivity index (χ2v) is 4.47. The maximum Gasteiger partial charge on any atom is 0.135 e. The van der Waals surface area contributed by atoms with E-state index >= 15 is 0 Å². The Bertz CT molecular complexity index is 644. The van der Waals surface area contributed by atoms with Crippen molar-refractivity contribution < 1.29 is 4.42 Å². The standard InChI is InChI=1S/C16H14O/c1-11-7-8-14(12(2)9-11)16-10-13-5-3-4-6-15(13)17-16/h3-10H,1-2H3. The number of fused-ring (bicyclic) bond motifs is 1. The van der Waals surface area contributed by atoms with Crippen LogP contribution in [0.5, 0.6) is 0 Å². The van der Waals surface area contributed by atoms with Crippen LogP contribution >= 0.6 is 0 Å². The van der Waals surface area contributed by atoms with E-state index in [9.17, 15) is 0 Å². The lowest BCUT2D eigenvalue weighted by Crippen LogP contribution is -1.82. The lowest BCUT2D eigenvalue weighted by atomic mass is 10.0. The molecule has 2 aromatic carbocycles. The third kappa shape index (κ3) is 1.74. The minimum atomic E-state index is 0.947. The van der Waals surface area contributed by atoms with Gasteiger partial charge in [0.05, 0.1) is 0 Å². The van der Waals surface area contributed by atoms with Crippen LogP contribution in [0.25, 0.3) is 22.3 Å². The Morgan fingerprint density at radius 1 is 0.882 bits per heavy atom. The monoisotopic (exact) mass is 222 g/mol. The Kier molecular flexibility index (Phi) is 2.25. The summed E-state index contributed by atoms with van der Waals surface area (Å²) in [5.74, 6) is 0.948. The minimum absolute atomic E-state index is 0.947. The van der Waals surface area contributed by atoms with Crippen molar-refractivity contribution in [3.8, 4) is 11.3 Å². The number of furan rings is 1. The minimum Gasteiger partial charge on any atom is -0.456 e. The van der Waals surface area contributed by atoms with E-state index in [2.05, 4.69) is 44.2 Å². The third-order valence-electron chi connectivity index (χ3n) is 3.07. The van der Waals surface area contributed by atoms with Crippen molar-refractivity contribution in [1.29, 1.82) is 0 Å². The van der Waals surface area contributed by atoms with Crippen LogP contribution < -0.4 is 0 Å². The summed E-state index contributed by atoms with van der Waals surface area (Å²) in [5.41, 5.74) is 4.65. The maximum atomic E-state index is 5.87. The first-order chi connectivity index (χ1) is 8.24. The Balaban J connectivity index is 2.20. The first-order valence-corrected chi connectivity index (χ1v) is 5.80. The summed E-state index contributed by atoms with van der Waals surface area (Å²) in [5, 5.41) is 1.16. The van der Waals surface area contributed by atoms with Crippen molar-refractivity contribution in [2.24, 2.45) is 0 Å². The van der Waals surface area contributed by atoms with E-state index in [4.69, 9.17) is 4.42 Å². The quantitative estimate of drug-likeness (QED) is 0.580. The zero-order chi connectivity index (χ0) is 11.8. The van der Waals surface area contributed by atoms with Crippen molar-refractivity contribution in [2.45, 2.75) is 13.8 Å². The van der Waals surface area contributed by atoms with Crippen molar-refractivity contribution >= 4 is 11.0 Å². The van der Waals surface area contributed by atoms with Gasteiger partial charge in [-0.25, -0.2) is 0 Å². The highest BCUT2D eigenvalue weighted by molar-refractivity contribution is 5.83. The van der Waals surface area contributed by atoms with Crippen LogP contribution in [-0.4, -0.2) is 0 Å². The van der Waals surface area contributed by atoms with Crippen LogP contribution in [0.4, 0.5) is 0 Å². The molecule has 1 nitrogen and oxygen atoms in total. The second-order valence-electron chi connectivity index (χ2n) is 4.47. The predicted octanol–water partition coefficient (Wildman–Crippen LogP) is 4.72. The highest BCUT2D eigenvalue weighted by atomic mass is 16.3. The summed E-state index contributed by atoms with van der Waals surface area (Å²) < 4.78 is 5.87. The molecule has 3 aromatic rings. The van der Waals surface area contributed by atoms with Gasteiger partial charge in [-0.1, -0.05) is 42.0 Å². The highest BCUT2D eigenvalue weighted by Crippen LogP contribution is 2.30. The van der Waals surface area contributed by atoms with E-state index in [1.807, 2.05) is 18.2 Å². The molecular weight excluding hydrogens is 208 g/mol. The fourth-order valence-corrected chi connectivity index (χ4v) is 2.20. The van der Waals surface area contributed by atoms with Crippen molar-refractivity contribution in [2.75, 3.05) is 0 Å². The molecule has 0 fully saturated rings. The Hall–Kier alpha value is -2.02. The zero-order valence-corrected chi connectivity index (χ0v) is 10.0. The molecule has 1 heterocycles. The number of aryl methyl sites for hydroxylation is 2. The largest absolute Gasteiger partial charge is 0.456 e. The van der Waals surface area contributed by atoms with E-state index in [0.29, 0.717) is 0 Å². The summed E-state index contributed by atoms with van der Waals surface area (Å²) in [6.07, 6.45) is 0. The first kappa shape index (κ1) is 10.2. The lowest BCUT2D eigenvalue weighted by Gasteiger charge is -2.03. The van der Waals surface area contributed by atoms with E-state index in [1.165, 1.54) is 16.7 Å². The van der Waals surface area contributed by atoms with Gasteiger partial charge in [-0.05, 0) is 31.5 Å². The molecule has 0 saturated carbocycles. The molecular formula is C16H14O. The SMILES string of the molecule is Cc1ccc(-c2cc3ccccc3o2)c(C)c1.